The van der Waals surface area contributed by atoms with Gasteiger partial charge in [-0.15, -0.1) is 0 Å². The van der Waals surface area contributed by atoms with Crippen molar-refractivity contribution in [2.24, 2.45) is 0 Å². The molecule has 0 saturated carbocycles. The van der Waals surface area contributed by atoms with Crippen LogP contribution in [0.15, 0.2) is 12.4 Å². The van der Waals surface area contributed by atoms with Crippen LogP contribution in [0.2, 0.25) is 5.02 Å². The Labute approximate surface area is 101 Å². The molecule has 0 amide bonds. The van der Waals surface area contributed by atoms with Crippen LogP contribution in [0, 0.1) is 0 Å². The van der Waals surface area contributed by atoms with E-state index in [0.717, 1.165) is 13.2 Å². The Hall–Kier alpha value is -0.910. The molecule has 0 atom stereocenters. The molecule has 0 unspecified atom stereocenters. The van der Waals surface area contributed by atoms with Gasteiger partial charge in [-0.3, -0.25) is 0 Å². The summed E-state index contributed by atoms with van der Waals surface area (Å²) in [5, 5.41) is 3.58. The molecule has 6 heteroatoms. The Balaban J connectivity index is 2.05. The molecule has 1 aromatic heterocycles. The minimum atomic E-state index is 0.535. The summed E-state index contributed by atoms with van der Waals surface area (Å²) in [6, 6.07) is 0. The lowest BCUT2D eigenvalue weighted by Gasteiger charge is -2.10. The fourth-order valence-corrected chi connectivity index (χ4v) is 1.09. The van der Waals surface area contributed by atoms with E-state index in [4.69, 9.17) is 16.3 Å². The standard InChI is InChI=1S/C10H17ClN4O/c1-15(2)4-6-16-5-3-12-10-13-7-9(11)8-14-10/h7-8H,3-6H2,1-2H3,(H,12,13,14). The van der Waals surface area contributed by atoms with Crippen molar-refractivity contribution in [1.82, 2.24) is 14.9 Å². The first kappa shape index (κ1) is 13.2. The van der Waals surface area contributed by atoms with Crippen LogP contribution < -0.4 is 5.32 Å². The SMILES string of the molecule is CN(C)CCOCCNc1ncc(Cl)cn1. The van der Waals surface area contributed by atoms with Crippen molar-refractivity contribution in [3.63, 3.8) is 0 Å². The van der Waals surface area contributed by atoms with Crippen molar-refractivity contribution in [1.29, 1.82) is 0 Å². The van der Waals surface area contributed by atoms with Crippen LogP contribution in [-0.4, -0.2) is 55.3 Å². The number of halogens is 1. The highest BCUT2D eigenvalue weighted by Crippen LogP contribution is 2.04. The molecule has 0 saturated heterocycles. The molecule has 1 N–H and O–H groups in total. The number of ether oxygens (including phenoxy) is 1. The van der Waals surface area contributed by atoms with Crippen LogP contribution in [0.5, 0.6) is 0 Å². The Morgan fingerprint density at radius 3 is 2.62 bits per heavy atom. The van der Waals surface area contributed by atoms with Gasteiger partial charge in [0.1, 0.15) is 0 Å². The quantitative estimate of drug-likeness (QED) is 0.729. The summed E-state index contributed by atoms with van der Waals surface area (Å²) in [6.07, 6.45) is 3.12. The van der Waals surface area contributed by atoms with Gasteiger partial charge in [0.25, 0.3) is 0 Å². The fraction of sp³-hybridized carbons (Fsp3) is 0.600. The molecule has 16 heavy (non-hydrogen) atoms. The third kappa shape index (κ3) is 5.85. The minimum absolute atomic E-state index is 0.535. The van der Waals surface area contributed by atoms with Crippen LogP contribution in [0.25, 0.3) is 0 Å². The van der Waals surface area contributed by atoms with Crippen LogP contribution in [0.3, 0.4) is 0 Å². The molecule has 90 valence electrons. The molecule has 0 radical (unpaired) electrons. The van der Waals surface area contributed by atoms with Crippen molar-refractivity contribution >= 4 is 17.5 Å². The van der Waals surface area contributed by atoms with E-state index in [1.54, 1.807) is 12.4 Å². The normalized spacial score (nSPS) is 10.8. The van der Waals surface area contributed by atoms with Gasteiger partial charge in [0.15, 0.2) is 0 Å². The maximum atomic E-state index is 5.66. The van der Waals surface area contributed by atoms with Gasteiger partial charge in [0.2, 0.25) is 5.95 Å². The van der Waals surface area contributed by atoms with Gasteiger partial charge >= 0.3 is 0 Å². The van der Waals surface area contributed by atoms with Crippen LogP contribution in [0.4, 0.5) is 5.95 Å². The molecule has 1 rings (SSSR count). The lowest BCUT2D eigenvalue weighted by atomic mass is 10.6. The number of nitrogens with zero attached hydrogens (tertiary/aromatic N) is 3. The van der Waals surface area contributed by atoms with E-state index in [0.29, 0.717) is 24.1 Å². The van der Waals surface area contributed by atoms with Crippen molar-refractivity contribution in [2.45, 2.75) is 0 Å². The number of hydrogen-bond acceptors (Lipinski definition) is 5. The molecule has 0 aliphatic rings. The molecule has 0 aliphatic carbocycles. The number of rotatable bonds is 7. The maximum Gasteiger partial charge on any atom is 0.222 e. The zero-order valence-corrected chi connectivity index (χ0v) is 10.4. The average Bonchev–Trinajstić information content (AvgIpc) is 2.25. The second-order valence-electron chi connectivity index (χ2n) is 3.57. The van der Waals surface area contributed by atoms with E-state index in [1.165, 1.54) is 0 Å². The summed E-state index contributed by atoms with van der Waals surface area (Å²) in [7, 11) is 4.03. The second kappa shape index (κ2) is 7.38. The monoisotopic (exact) mass is 244 g/mol. The van der Waals surface area contributed by atoms with Crippen molar-refractivity contribution in [3.8, 4) is 0 Å². The smallest absolute Gasteiger partial charge is 0.222 e. The first-order chi connectivity index (χ1) is 7.68. The first-order valence-corrected chi connectivity index (χ1v) is 5.50. The van der Waals surface area contributed by atoms with Gasteiger partial charge in [-0.2, -0.15) is 0 Å². The topological polar surface area (TPSA) is 50.3 Å². The summed E-state index contributed by atoms with van der Waals surface area (Å²) < 4.78 is 5.40. The van der Waals surface area contributed by atoms with E-state index in [2.05, 4.69) is 20.2 Å². The highest BCUT2D eigenvalue weighted by Gasteiger charge is 1.95. The molecule has 0 spiro atoms. The summed E-state index contributed by atoms with van der Waals surface area (Å²) >= 11 is 5.66. The third-order valence-electron chi connectivity index (χ3n) is 1.83. The fourth-order valence-electron chi connectivity index (χ4n) is 0.988. The lowest BCUT2D eigenvalue weighted by Crippen LogP contribution is -2.20. The molecule has 0 aromatic carbocycles. The Bertz CT molecular complexity index is 291. The first-order valence-electron chi connectivity index (χ1n) is 5.12. The number of nitrogens with one attached hydrogen (secondary N) is 1. The van der Waals surface area contributed by atoms with Gasteiger partial charge in [0.05, 0.1) is 30.6 Å². The minimum Gasteiger partial charge on any atom is -0.378 e. The van der Waals surface area contributed by atoms with Gasteiger partial charge in [0, 0.05) is 13.1 Å². The molecule has 0 aliphatic heterocycles. The summed E-state index contributed by atoms with van der Waals surface area (Å²) in [5.41, 5.74) is 0. The summed E-state index contributed by atoms with van der Waals surface area (Å²) in [5.74, 6) is 0.570. The molecule has 5 nitrogen and oxygen atoms in total. The Morgan fingerprint density at radius 1 is 1.31 bits per heavy atom. The molecular formula is C10H17ClN4O. The van der Waals surface area contributed by atoms with E-state index in [9.17, 15) is 0 Å². The third-order valence-corrected chi connectivity index (χ3v) is 2.03. The Morgan fingerprint density at radius 2 is 2.00 bits per heavy atom. The van der Waals surface area contributed by atoms with Crippen molar-refractivity contribution < 1.29 is 4.74 Å². The summed E-state index contributed by atoms with van der Waals surface area (Å²) in [6.45, 7) is 2.99. The van der Waals surface area contributed by atoms with E-state index in [-0.39, 0.29) is 0 Å². The highest BCUT2D eigenvalue weighted by atomic mass is 35.5. The van der Waals surface area contributed by atoms with Gasteiger partial charge in [-0.1, -0.05) is 11.6 Å². The molecule has 0 bridgehead atoms. The van der Waals surface area contributed by atoms with Crippen molar-refractivity contribution in [3.05, 3.63) is 17.4 Å². The number of anilines is 1. The average molecular weight is 245 g/mol. The van der Waals surface area contributed by atoms with E-state index in [1.807, 2.05) is 14.1 Å². The summed E-state index contributed by atoms with van der Waals surface area (Å²) in [4.78, 5) is 10.1. The molecule has 1 aromatic rings. The van der Waals surface area contributed by atoms with Crippen LogP contribution in [0.1, 0.15) is 0 Å². The van der Waals surface area contributed by atoms with Gasteiger partial charge < -0.3 is 15.0 Å². The number of hydrogen-bond donors (Lipinski definition) is 1. The van der Waals surface area contributed by atoms with Crippen LogP contribution in [-0.2, 0) is 4.74 Å². The lowest BCUT2D eigenvalue weighted by molar-refractivity contribution is 0.126. The predicted molar refractivity (Wildman–Crippen MR) is 64.9 cm³/mol. The zero-order chi connectivity index (χ0) is 11.8. The zero-order valence-electron chi connectivity index (χ0n) is 9.61. The molecule has 1 heterocycles. The number of likely N-dealkylation sites (N-methyl/N-ethyl adjacent to an activating group) is 1. The predicted octanol–water partition coefficient (Wildman–Crippen LogP) is 1.12. The Kier molecular flexibility index (Phi) is 6.07. The van der Waals surface area contributed by atoms with E-state index >= 15 is 0 Å². The van der Waals surface area contributed by atoms with Gasteiger partial charge in [-0.25, -0.2) is 9.97 Å². The largest absolute Gasteiger partial charge is 0.378 e. The second-order valence-corrected chi connectivity index (χ2v) is 4.00. The van der Waals surface area contributed by atoms with Gasteiger partial charge in [-0.05, 0) is 14.1 Å². The highest BCUT2D eigenvalue weighted by molar-refractivity contribution is 6.30. The van der Waals surface area contributed by atoms with E-state index < -0.39 is 0 Å². The van der Waals surface area contributed by atoms with Crippen molar-refractivity contribution in [2.75, 3.05) is 45.7 Å². The molecular weight excluding hydrogens is 228 g/mol. The van der Waals surface area contributed by atoms with Crippen LogP contribution >= 0.6 is 11.6 Å². The molecule has 0 fully saturated rings. The number of aromatic nitrogens is 2. The maximum absolute atomic E-state index is 5.66.